The zero-order chi connectivity index (χ0) is 15.6. The summed E-state index contributed by atoms with van der Waals surface area (Å²) in [6, 6.07) is 4.19. The van der Waals surface area contributed by atoms with Crippen LogP contribution in [0.2, 0.25) is 0 Å². The van der Waals surface area contributed by atoms with Gasteiger partial charge >= 0.3 is 0 Å². The Bertz CT molecular complexity index is 653. The normalized spacial score (nSPS) is 40.0. The first-order valence-corrected chi connectivity index (χ1v) is 9.54. The Labute approximate surface area is 145 Å². The number of ketones is 1. The number of halogens is 1. The third kappa shape index (κ3) is 1.93. The SMILES string of the molecule is C[C@@H]1Cc2cc(O)c(I)cc2C2CC[C@]3(C)C(=O)CCC3C21. The van der Waals surface area contributed by atoms with E-state index in [2.05, 4.69) is 42.5 Å². The molecule has 0 spiro atoms. The Kier molecular flexibility index (Phi) is 3.37. The average Bonchev–Trinajstić information content (AvgIpc) is 2.77. The van der Waals surface area contributed by atoms with Crippen LogP contribution >= 0.6 is 22.6 Å². The molecule has 22 heavy (non-hydrogen) atoms. The molecule has 5 atom stereocenters. The van der Waals surface area contributed by atoms with Crippen molar-refractivity contribution in [2.75, 3.05) is 0 Å². The zero-order valence-corrected chi connectivity index (χ0v) is 15.4. The van der Waals surface area contributed by atoms with E-state index in [4.69, 9.17) is 0 Å². The minimum atomic E-state index is -0.0585. The third-order valence-electron chi connectivity index (χ3n) is 6.85. The molecule has 0 aliphatic heterocycles. The number of carbonyl (C=O) groups excluding carboxylic acids is 1. The summed E-state index contributed by atoms with van der Waals surface area (Å²) in [4.78, 5) is 12.4. The minimum Gasteiger partial charge on any atom is -0.507 e. The van der Waals surface area contributed by atoms with E-state index in [1.807, 2.05) is 6.07 Å². The summed E-state index contributed by atoms with van der Waals surface area (Å²) in [6.07, 6.45) is 5.09. The molecular formula is C19H23IO2. The van der Waals surface area contributed by atoms with Crippen molar-refractivity contribution in [2.45, 2.75) is 51.9 Å². The molecule has 1 aromatic carbocycles. The van der Waals surface area contributed by atoms with Crippen LogP contribution in [0.4, 0.5) is 0 Å². The van der Waals surface area contributed by atoms with Crippen LogP contribution in [0.5, 0.6) is 5.75 Å². The van der Waals surface area contributed by atoms with Crippen LogP contribution in [0.3, 0.4) is 0 Å². The average molecular weight is 410 g/mol. The van der Waals surface area contributed by atoms with Crippen LogP contribution in [0.1, 0.15) is 56.6 Å². The van der Waals surface area contributed by atoms with Crippen molar-refractivity contribution in [3.05, 3.63) is 26.8 Å². The van der Waals surface area contributed by atoms with E-state index < -0.39 is 0 Å². The summed E-state index contributed by atoms with van der Waals surface area (Å²) in [5.74, 6) is 3.31. The van der Waals surface area contributed by atoms with Crippen LogP contribution in [-0.2, 0) is 11.2 Å². The van der Waals surface area contributed by atoms with E-state index in [9.17, 15) is 9.90 Å². The van der Waals surface area contributed by atoms with Crippen LogP contribution in [0, 0.1) is 26.7 Å². The van der Waals surface area contributed by atoms with Gasteiger partial charge in [-0.2, -0.15) is 0 Å². The predicted molar refractivity (Wildman–Crippen MR) is 95.0 cm³/mol. The van der Waals surface area contributed by atoms with Gasteiger partial charge in [0.25, 0.3) is 0 Å². The van der Waals surface area contributed by atoms with Crippen molar-refractivity contribution >= 4 is 28.4 Å². The highest BCUT2D eigenvalue weighted by molar-refractivity contribution is 14.1. The molecule has 4 rings (SSSR count). The Morgan fingerprint density at radius 3 is 2.86 bits per heavy atom. The van der Waals surface area contributed by atoms with E-state index in [-0.39, 0.29) is 5.41 Å². The lowest BCUT2D eigenvalue weighted by Crippen LogP contribution is -2.45. The van der Waals surface area contributed by atoms with Crippen LogP contribution < -0.4 is 0 Å². The number of hydrogen-bond acceptors (Lipinski definition) is 2. The molecule has 0 amide bonds. The predicted octanol–water partition coefficient (Wildman–Crippen LogP) is 4.67. The van der Waals surface area contributed by atoms with Crippen LogP contribution in [0.15, 0.2) is 12.1 Å². The molecule has 0 radical (unpaired) electrons. The maximum Gasteiger partial charge on any atom is 0.139 e. The molecule has 0 heterocycles. The van der Waals surface area contributed by atoms with Crippen molar-refractivity contribution in [1.82, 2.24) is 0 Å². The second-order valence-electron chi connectivity index (χ2n) is 7.89. The monoisotopic (exact) mass is 410 g/mol. The molecule has 2 fully saturated rings. The summed E-state index contributed by atoms with van der Waals surface area (Å²) < 4.78 is 0.959. The first kappa shape index (κ1) is 15.0. The second kappa shape index (κ2) is 4.96. The number of hydrogen-bond donors (Lipinski definition) is 1. The molecule has 0 saturated heterocycles. The van der Waals surface area contributed by atoms with E-state index in [1.165, 1.54) is 11.1 Å². The molecule has 2 saturated carbocycles. The summed E-state index contributed by atoms with van der Waals surface area (Å²) >= 11 is 2.23. The summed E-state index contributed by atoms with van der Waals surface area (Å²) in [6.45, 7) is 4.58. The number of benzene rings is 1. The number of rotatable bonds is 0. The van der Waals surface area contributed by atoms with Crippen molar-refractivity contribution in [2.24, 2.45) is 23.2 Å². The van der Waals surface area contributed by atoms with Gasteiger partial charge in [0, 0.05) is 11.8 Å². The van der Waals surface area contributed by atoms with Gasteiger partial charge in [0.2, 0.25) is 0 Å². The minimum absolute atomic E-state index is 0.0585. The molecule has 0 bridgehead atoms. The molecule has 0 aromatic heterocycles. The van der Waals surface area contributed by atoms with Gasteiger partial charge in [-0.25, -0.2) is 0 Å². The molecular weight excluding hydrogens is 387 g/mol. The van der Waals surface area contributed by atoms with Crippen LogP contribution in [-0.4, -0.2) is 10.9 Å². The maximum atomic E-state index is 12.4. The van der Waals surface area contributed by atoms with Crippen molar-refractivity contribution < 1.29 is 9.90 Å². The lowest BCUT2D eigenvalue weighted by Gasteiger charge is -2.51. The zero-order valence-electron chi connectivity index (χ0n) is 13.2. The fraction of sp³-hybridized carbons (Fsp3) is 0.632. The van der Waals surface area contributed by atoms with E-state index in [0.717, 1.165) is 35.7 Å². The van der Waals surface area contributed by atoms with Gasteiger partial charge in [0.15, 0.2) is 0 Å². The smallest absolute Gasteiger partial charge is 0.139 e. The quantitative estimate of drug-likeness (QED) is 0.632. The van der Waals surface area contributed by atoms with Crippen molar-refractivity contribution in [3.63, 3.8) is 0 Å². The Morgan fingerprint density at radius 2 is 2.09 bits per heavy atom. The fourth-order valence-corrected chi connectivity index (χ4v) is 6.24. The molecule has 3 unspecified atom stereocenters. The summed E-state index contributed by atoms with van der Waals surface area (Å²) in [5.41, 5.74) is 2.73. The first-order valence-electron chi connectivity index (χ1n) is 8.46. The first-order chi connectivity index (χ1) is 10.4. The third-order valence-corrected chi connectivity index (χ3v) is 7.71. The van der Waals surface area contributed by atoms with Gasteiger partial charge in [0.05, 0.1) is 3.57 Å². The number of phenols is 1. The van der Waals surface area contributed by atoms with Gasteiger partial charge in [-0.15, -0.1) is 0 Å². The van der Waals surface area contributed by atoms with Gasteiger partial charge in [-0.1, -0.05) is 13.8 Å². The van der Waals surface area contributed by atoms with E-state index in [0.29, 0.717) is 35.2 Å². The highest BCUT2D eigenvalue weighted by Crippen LogP contribution is 2.61. The van der Waals surface area contributed by atoms with Crippen molar-refractivity contribution in [1.29, 1.82) is 0 Å². The maximum absolute atomic E-state index is 12.4. The van der Waals surface area contributed by atoms with Gasteiger partial charge in [-0.3, -0.25) is 4.79 Å². The van der Waals surface area contributed by atoms with E-state index in [1.54, 1.807) is 0 Å². The highest BCUT2D eigenvalue weighted by atomic mass is 127. The molecule has 2 nitrogen and oxygen atoms in total. The van der Waals surface area contributed by atoms with Gasteiger partial charge in [0.1, 0.15) is 11.5 Å². The van der Waals surface area contributed by atoms with Gasteiger partial charge in [-0.05, 0) is 95.2 Å². The molecule has 3 aliphatic rings. The Balaban J connectivity index is 1.79. The van der Waals surface area contributed by atoms with Gasteiger partial charge < -0.3 is 5.11 Å². The number of Topliss-reactive ketones (excluding diaryl/α,β-unsaturated/α-hetero) is 1. The van der Waals surface area contributed by atoms with Crippen molar-refractivity contribution in [3.8, 4) is 5.75 Å². The summed E-state index contributed by atoms with van der Waals surface area (Å²) in [5, 5.41) is 10.0. The van der Waals surface area contributed by atoms with Crippen LogP contribution in [0.25, 0.3) is 0 Å². The second-order valence-corrected chi connectivity index (χ2v) is 9.05. The molecule has 3 heteroatoms. The largest absolute Gasteiger partial charge is 0.507 e. The lowest BCUT2D eigenvalue weighted by atomic mass is 9.53. The topological polar surface area (TPSA) is 37.3 Å². The van der Waals surface area contributed by atoms with E-state index >= 15 is 0 Å². The number of phenolic OH excluding ortho intramolecular Hbond substituents is 1. The standard InChI is InChI=1S/C19H23IO2/c1-10-7-11-8-16(21)15(20)9-13(11)12-5-6-19(2)14(18(10)12)3-4-17(19)22/h8-10,12,14,18,21H,3-7H2,1-2H3/t10-,12?,14?,18?,19+/m1/s1. The lowest BCUT2D eigenvalue weighted by molar-refractivity contribution is -0.129. The molecule has 118 valence electrons. The molecule has 3 aliphatic carbocycles. The Morgan fingerprint density at radius 1 is 1.32 bits per heavy atom. The Hall–Kier alpha value is -0.580. The highest BCUT2D eigenvalue weighted by Gasteiger charge is 2.56. The molecule has 1 N–H and O–H groups in total. The fourth-order valence-electron chi connectivity index (χ4n) is 5.75. The number of fused-ring (bicyclic) bond motifs is 5. The summed E-state index contributed by atoms with van der Waals surface area (Å²) in [7, 11) is 0. The number of carbonyl (C=O) groups is 1. The number of aromatic hydroxyl groups is 1. The molecule has 1 aromatic rings.